The van der Waals surface area contributed by atoms with Gasteiger partial charge in [-0.15, -0.1) is 0 Å². The second-order valence-corrected chi connectivity index (χ2v) is 6.31. The molecule has 0 atom stereocenters. The predicted molar refractivity (Wildman–Crippen MR) is 88.8 cm³/mol. The first-order valence-corrected chi connectivity index (χ1v) is 8.31. The van der Waals surface area contributed by atoms with Crippen LogP contribution in [0.5, 0.6) is 5.75 Å². The van der Waals surface area contributed by atoms with Gasteiger partial charge in [0.1, 0.15) is 5.75 Å². The highest BCUT2D eigenvalue weighted by molar-refractivity contribution is 14.1. The number of halogens is 4. The minimum absolute atomic E-state index is 0.0381. The molecule has 23 heavy (non-hydrogen) atoms. The third-order valence-electron chi connectivity index (χ3n) is 3.94. The lowest BCUT2D eigenvalue weighted by molar-refractivity contribution is -0.138. The van der Waals surface area contributed by atoms with E-state index in [0.29, 0.717) is 0 Å². The van der Waals surface area contributed by atoms with Gasteiger partial charge < -0.3 is 15.0 Å². The molecule has 1 amide bonds. The van der Waals surface area contributed by atoms with Crippen LogP contribution >= 0.6 is 22.6 Å². The zero-order chi connectivity index (χ0) is 17.0. The zero-order valence-electron chi connectivity index (χ0n) is 12.6. The number of ether oxygens (including phenoxy) is 1. The number of rotatable bonds is 4. The molecule has 1 N–H and O–H groups in total. The van der Waals surface area contributed by atoms with Crippen LogP contribution in [0.4, 0.5) is 18.0 Å². The molecule has 0 bridgehead atoms. The Morgan fingerprint density at radius 3 is 2.57 bits per heavy atom. The van der Waals surface area contributed by atoms with Gasteiger partial charge in [0.25, 0.3) is 3.91 Å². The molecule has 0 spiro atoms. The van der Waals surface area contributed by atoms with Crippen molar-refractivity contribution in [3.63, 3.8) is 0 Å². The molecule has 1 heterocycles. The number of methoxy groups -OCH3 is 1. The summed E-state index contributed by atoms with van der Waals surface area (Å²) in [5.74, 6) is 0.148. The Morgan fingerprint density at radius 2 is 2.04 bits per heavy atom. The molecule has 1 aliphatic heterocycles. The van der Waals surface area contributed by atoms with E-state index in [0.717, 1.165) is 32.0 Å². The van der Waals surface area contributed by atoms with Gasteiger partial charge in [-0.05, 0) is 43.6 Å². The Kier molecular flexibility index (Phi) is 6.12. The third kappa shape index (κ3) is 4.72. The van der Waals surface area contributed by atoms with Crippen molar-refractivity contribution in [1.29, 1.82) is 0 Å². The number of piperidine rings is 1. The number of nitrogens with zero attached hydrogens (tertiary/aromatic N) is 1. The normalized spacial score (nSPS) is 16.2. The summed E-state index contributed by atoms with van der Waals surface area (Å²) < 4.78 is 44.5. The summed E-state index contributed by atoms with van der Waals surface area (Å²) in [5.41, 5.74) is -0.671. The van der Waals surface area contributed by atoms with Crippen molar-refractivity contribution in [3.8, 4) is 5.75 Å². The van der Waals surface area contributed by atoms with Gasteiger partial charge in [-0.2, -0.15) is 13.2 Å². The zero-order valence-corrected chi connectivity index (χ0v) is 14.8. The molecular formula is C15H18F3IN2O2. The molecule has 0 unspecified atom stereocenters. The Balaban J connectivity index is 2.30. The highest BCUT2D eigenvalue weighted by Crippen LogP contribution is 2.35. The second-order valence-electron chi connectivity index (χ2n) is 5.38. The number of amides is 1. The van der Waals surface area contributed by atoms with E-state index in [1.807, 2.05) is 0 Å². The maximum Gasteiger partial charge on any atom is 0.416 e. The van der Waals surface area contributed by atoms with Gasteiger partial charge >= 0.3 is 6.18 Å². The average molecular weight is 442 g/mol. The summed E-state index contributed by atoms with van der Waals surface area (Å²) >= 11 is 1.64. The molecular weight excluding hydrogens is 424 g/mol. The van der Waals surface area contributed by atoms with Crippen molar-refractivity contribution >= 4 is 26.5 Å². The Morgan fingerprint density at radius 1 is 1.39 bits per heavy atom. The maximum atomic E-state index is 13.3. The van der Waals surface area contributed by atoms with Crippen LogP contribution in [0.25, 0.3) is 0 Å². The quantitative estimate of drug-likeness (QED) is 0.438. The monoisotopic (exact) mass is 442 g/mol. The third-order valence-corrected chi connectivity index (χ3v) is 4.56. The summed E-state index contributed by atoms with van der Waals surface area (Å²) in [6, 6.07) is 3.81. The van der Waals surface area contributed by atoms with Crippen molar-refractivity contribution in [3.05, 3.63) is 29.3 Å². The molecule has 0 aromatic heterocycles. The fourth-order valence-electron chi connectivity index (χ4n) is 2.72. The predicted octanol–water partition coefficient (Wildman–Crippen LogP) is 3.82. The number of hydrogen-bond acceptors (Lipinski definition) is 3. The molecule has 4 nitrogen and oxygen atoms in total. The lowest BCUT2D eigenvalue weighted by Crippen LogP contribution is -2.44. The SMILES string of the molecule is COc1ccc(CN(C(=O)I)C2CCNCC2)c(C(F)(F)F)c1. The van der Waals surface area contributed by atoms with Gasteiger partial charge in [0, 0.05) is 35.2 Å². The van der Waals surface area contributed by atoms with Crippen molar-refractivity contribution in [1.82, 2.24) is 10.2 Å². The van der Waals surface area contributed by atoms with Crippen LogP contribution in [0.2, 0.25) is 0 Å². The summed E-state index contributed by atoms with van der Waals surface area (Å²) in [4.78, 5) is 13.4. The van der Waals surface area contributed by atoms with Gasteiger partial charge in [0.15, 0.2) is 0 Å². The Hall–Kier alpha value is -1.03. The van der Waals surface area contributed by atoms with Gasteiger partial charge in [0.05, 0.1) is 12.7 Å². The molecule has 0 radical (unpaired) electrons. The van der Waals surface area contributed by atoms with Crippen molar-refractivity contribution in [2.24, 2.45) is 0 Å². The fourth-order valence-corrected chi connectivity index (χ4v) is 3.29. The number of carbonyl (C=O) groups is 1. The Labute approximate surface area is 146 Å². The number of hydrogen-bond donors (Lipinski definition) is 1. The summed E-state index contributed by atoms with van der Waals surface area (Å²) in [7, 11) is 1.32. The van der Waals surface area contributed by atoms with Gasteiger partial charge in [-0.25, -0.2) is 0 Å². The van der Waals surface area contributed by atoms with Crippen LogP contribution in [-0.4, -0.2) is 35.1 Å². The molecule has 1 aliphatic rings. The molecule has 128 valence electrons. The largest absolute Gasteiger partial charge is 0.497 e. The van der Waals surface area contributed by atoms with Crippen LogP contribution in [0.1, 0.15) is 24.0 Å². The van der Waals surface area contributed by atoms with Gasteiger partial charge in [-0.3, -0.25) is 4.79 Å². The summed E-state index contributed by atoms with van der Waals surface area (Å²) in [6.45, 7) is 1.48. The number of carbonyl (C=O) groups excluding carboxylic acids is 1. The molecule has 0 saturated carbocycles. The highest BCUT2D eigenvalue weighted by Gasteiger charge is 2.35. The van der Waals surface area contributed by atoms with Crippen LogP contribution in [0.3, 0.4) is 0 Å². The molecule has 2 rings (SSSR count). The number of nitrogens with one attached hydrogen (secondary N) is 1. The van der Waals surface area contributed by atoms with Crippen molar-refractivity contribution < 1.29 is 22.7 Å². The van der Waals surface area contributed by atoms with Crippen molar-refractivity contribution in [2.75, 3.05) is 20.2 Å². The number of benzene rings is 1. The van der Waals surface area contributed by atoms with Crippen LogP contribution in [0.15, 0.2) is 18.2 Å². The fraction of sp³-hybridized carbons (Fsp3) is 0.533. The standard InChI is InChI=1S/C15H18F3IN2O2/c1-23-12-3-2-10(13(8-12)15(16,17)18)9-21(14(19)22)11-4-6-20-7-5-11/h2-3,8,11,20H,4-7,9H2,1H3. The smallest absolute Gasteiger partial charge is 0.416 e. The first kappa shape index (κ1) is 18.3. The van der Waals surface area contributed by atoms with Gasteiger partial charge in [0.2, 0.25) is 0 Å². The summed E-state index contributed by atoms with van der Waals surface area (Å²) in [6.07, 6.45) is -3.00. The lowest BCUT2D eigenvalue weighted by Gasteiger charge is -2.34. The van der Waals surface area contributed by atoms with E-state index in [1.54, 1.807) is 22.6 Å². The summed E-state index contributed by atoms with van der Waals surface area (Å²) in [5, 5.41) is 3.19. The molecule has 8 heteroatoms. The molecule has 1 aromatic rings. The van der Waals surface area contributed by atoms with E-state index >= 15 is 0 Å². The second kappa shape index (κ2) is 7.69. The Bertz CT molecular complexity index is 560. The first-order chi connectivity index (χ1) is 10.8. The average Bonchev–Trinajstić information content (AvgIpc) is 2.52. The molecule has 1 fully saturated rings. The van der Waals surface area contributed by atoms with E-state index in [1.165, 1.54) is 24.1 Å². The van der Waals surface area contributed by atoms with E-state index in [4.69, 9.17) is 4.74 Å². The van der Waals surface area contributed by atoms with Crippen molar-refractivity contribution in [2.45, 2.75) is 31.6 Å². The maximum absolute atomic E-state index is 13.3. The molecule has 0 aliphatic carbocycles. The lowest BCUT2D eigenvalue weighted by atomic mass is 10.0. The molecule has 1 aromatic carbocycles. The minimum atomic E-state index is -4.49. The highest BCUT2D eigenvalue weighted by atomic mass is 127. The first-order valence-electron chi connectivity index (χ1n) is 7.24. The van der Waals surface area contributed by atoms with E-state index in [9.17, 15) is 18.0 Å². The van der Waals surface area contributed by atoms with Crippen LogP contribution < -0.4 is 10.1 Å². The minimum Gasteiger partial charge on any atom is -0.497 e. The van der Waals surface area contributed by atoms with E-state index < -0.39 is 11.7 Å². The van der Waals surface area contributed by atoms with E-state index in [-0.39, 0.29) is 27.8 Å². The van der Waals surface area contributed by atoms with Crippen LogP contribution in [-0.2, 0) is 12.7 Å². The topological polar surface area (TPSA) is 41.6 Å². The number of alkyl halides is 3. The van der Waals surface area contributed by atoms with E-state index in [2.05, 4.69) is 5.32 Å². The van der Waals surface area contributed by atoms with Crippen LogP contribution in [0, 0.1) is 0 Å². The molecule has 1 saturated heterocycles. The van der Waals surface area contributed by atoms with Gasteiger partial charge in [-0.1, -0.05) is 6.07 Å².